The molecule has 0 aromatic carbocycles. The average Bonchev–Trinajstić information content (AvgIpc) is 1.66. The van der Waals surface area contributed by atoms with Crippen LogP contribution in [0.3, 0.4) is 0 Å². The van der Waals surface area contributed by atoms with Gasteiger partial charge in [0, 0.05) is 13.0 Å². The Hall–Kier alpha value is 0.150. The Labute approximate surface area is 60.1 Å². The first kappa shape index (κ1) is 8.15. The van der Waals surface area contributed by atoms with Crippen LogP contribution in [0, 0.1) is 11.3 Å². The molecule has 46 valence electrons. The highest BCUT2D eigenvalue weighted by molar-refractivity contribution is 7.99. The van der Waals surface area contributed by atoms with Gasteiger partial charge < -0.3 is 0 Å². The van der Waals surface area contributed by atoms with Gasteiger partial charge in [-0.1, -0.05) is 0 Å². The summed E-state index contributed by atoms with van der Waals surface area (Å²) in [4.78, 5) is 0. The second-order valence-corrected chi connectivity index (χ2v) is 2.68. The SMILES string of the molecule is N#CCCNC(S)S. The second-order valence-electron chi connectivity index (χ2n) is 1.24. The van der Waals surface area contributed by atoms with Gasteiger partial charge in [-0.2, -0.15) is 5.26 Å². The average molecular weight is 148 g/mol. The summed E-state index contributed by atoms with van der Waals surface area (Å²) in [6.45, 7) is 0.661. The normalized spacial score (nSPS) is 9.25. The highest BCUT2D eigenvalue weighted by Crippen LogP contribution is 1.92. The maximum atomic E-state index is 8.04. The molecule has 1 N–H and O–H groups in total. The Morgan fingerprint density at radius 3 is 2.62 bits per heavy atom. The molecule has 4 heteroatoms. The van der Waals surface area contributed by atoms with Crippen LogP contribution in [0.25, 0.3) is 0 Å². The van der Waals surface area contributed by atoms with Gasteiger partial charge in [0.1, 0.15) is 0 Å². The predicted octanol–water partition coefficient (Wildman–Crippen LogP) is 0.633. The van der Waals surface area contributed by atoms with Crippen molar-refractivity contribution in [2.24, 2.45) is 0 Å². The van der Waals surface area contributed by atoms with Crippen LogP contribution in [-0.4, -0.2) is 11.3 Å². The smallest absolute Gasteiger partial charge is 0.0944 e. The molecule has 0 rings (SSSR count). The summed E-state index contributed by atoms with van der Waals surface area (Å²) in [5.41, 5.74) is 0. The minimum absolute atomic E-state index is 0.108. The van der Waals surface area contributed by atoms with Crippen LogP contribution in [0.15, 0.2) is 0 Å². The molecule has 0 spiro atoms. The number of nitrogens with zero attached hydrogens (tertiary/aromatic N) is 1. The monoisotopic (exact) mass is 148 g/mol. The van der Waals surface area contributed by atoms with Gasteiger partial charge in [-0.05, 0) is 0 Å². The molecular weight excluding hydrogens is 140 g/mol. The van der Waals surface area contributed by atoms with E-state index in [4.69, 9.17) is 5.26 Å². The summed E-state index contributed by atoms with van der Waals surface area (Å²) >= 11 is 7.83. The minimum atomic E-state index is -0.108. The molecule has 0 bridgehead atoms. The third-order valence-electron chi connectivity index (χ3n) is 0.564. The van der Waals surface area contributed by atoms with E-state index in [1.54, 1.807) is 0 Å². The van der Waals surface area contributed by atoms with Crippen molar-refractivity contribution in [1.82, 2.24) is 5.32 Å². The van der Waals surface area contributed by atoms with Gasteiger partial charge in [0.05, 0.1) is 10.8 Å². The fourth-order valence-corrected chi connectivity index (χ4v) is 0.515. The van der Waals surface area contributed by atoms with E-state index >= 15 is 0 Å². The highest BCUT2D eigenvalue weighted by Gasteiger charge is 1.89. The van der Waals surface area contributed by atoms with Crippen molar-refractivity contribution in [1.29, 1.82) is 5.26 Å². The standard InChI is InChI=1S/C4H8N2S2/c5-2-1-3-6-4(7)8/h4,6-8H,1,3H2. The van der Waals surface area contributed by atoms with Crippen LogP contribution in [0.5, 0.6) is 0 Å². The van der Waals surface area contributed by atoms with Gasteiger partial charge in [0.25, 0.3) is 0 Å². The molecular formula is C4H8N2S2. The topological polar surface area (TPSA) is 35.8 Å². The molecule has 0 amide bonds. The molecule has 0 radical (unpaired) electrons. The first-order valence-electron chi connectivity index (χ1n) is 2.24. The first-order valence-corrected chi connectivity index (χ1v) is 3.27. The Bertz CT molecular complexity index is 86.5. The van der Waals surface area contributed by atoms with E-state index in [9.17, 15) is 0 Å². The Balaban J connectivity index is 2.85. The highest BCUT2D eigenvalue weighted by atomic mass is 32.2. The molecule has 0 aliphatic rings. The molecule has 0 heterocycles. The van der Waals surface area contributed by atoms with E-state index in [1.807, 2.05) is 6.07 Å². The fourth-order valence-electron chi connectivity index (χ4n) is 0.257. The lowest BCUT2D eigenvalue weighted by Gasteiger charge is -2.01. The van der Waals surface area contributed by atoms with Crippen molar-refractivity contribution in [2.75, 3.05) is 6.54 Å². The lowest BCUT2D eigenvalue weighted by atomic mass is 10.5. The number of hydrogen-bond acceptors (Lipinski definition) is 4. The summed E-state index contributed by atoms with van der Waals surface area (Å²) in [5.74, 6) is 0. The van der Waals surface area contributed by atoms with E-state index in [0.717, 1.165) is 0 Å². The van der Waals surface area contributed by atoms with Crippen molar-refractivity contribution in [2.45, 2.75) is 11.1 Å². The Kier molecular flexibility index (Phi) is 5.39. The molecule has 0 saturated heterocycles. The first-order chi connectivity index (χ1) is 3.77. The van der Waals surface area contributed by atoms with Crippen LogP contribution in [0.2, 0.25) is 0 Å². The van der Waals surface area contributed by atoms with E-state index in [2.05, 4.69) is 30.6 Å². The molecule has 8 heavy (non-hydrogen) atoms. The molecule has 0 aliphatic heterocycles. The van der Waals surface area contributed by atoms with Gasteiger partial charge >= 0.3 is 0 Å². The zero-order valence-corrected chi connectivity index (χ0v) is 6.12. The van der Waals surface area contributed by atoms with Gasteiger partial charge in [-0.15, -0.1) is 25.3 Å². The van der Waals surface area contributed by atoms with Crippen molar-refractivity contribution in [3.63, 3.8) is 0 Å². The largest absolute Gasteiger partial charge is 0.296 e. The third kappa shape index (κ3) is 6.15. The van der Waals surface area contributed by atoms with Crippen molar-refractivity contribution < 1.29 is 0 Å². The van der Waals surface area contributed by atoms with Crippen LogP contribution >= 0.6 is 25.3 Å². The molecule has 0 aliphatic carbocycles. The van der Waals surface area contributed by atoms with Crippen molar-refractivity contribution in [3.8, 4) is 6.07 Å². The van der Waals surface area contributed by atoms with Gasteiger partial charge in [0.2, 0.25) is 0 Å². The molecule has 0 aromatic heterocycles. The lowest BCUT2D eigenvalue weighted by Crippen LogP contribution is -2.19. The zero-order chi connectivity index (χ0) is 6.41. The Morgan fingerprint density at radius 2 is 2.25 bits per heavy atom. The Morgan fingerprint density at radius 1 is 1.62 bits per heavy atom. The van der Waals surface area contributed by atoms with Gasteiger partial charge in [0.15, 0.2) is 0 Å². The number of nitriles is 1. The van der Waals surface area contributed by atoms with Crippen LogP contribution < -0.4 is 5.32 Å². The van der Waals surface area contributed by atoms with Crippen molar-refractivity contribution in [3.05, 3.63) is 0 Å². The fraction of sp³-hybridized carbons (Fsp3) is 0.750. The maximum absolute atomic E-state index is 8.04. The summed E-state index contributed by atoms with van der Waals surface area (Å²) < 4.78 is -0.108. The quantitative estimate of drug-likeness (QED) is 0.312. The zero-order valence-electron chi connectivity index (χ0n) is 4.33. The molecule has 2 nitrogen and oxygen atoms in total. The summed E-state index contributed by atoms with van der Waals surface area (Å²) in [6.07, 6.45) is 0.512. The molecule has 0 saturated carbocycles. The minimum Gasteiger partial charge on any atom is -0.296 e. The van der Waals surface area contributed by atoms with Crippen LogP contribution in [0.1, 0.15) is 6.42 Å². The van der Waals surface area contributed by atoms with Crippen LogP contribution in [0.4, 0.5) is 0 Å². The van der Waals surface area contributed by atoms with Crippen LogP contribution in [-0.2, 0) is 0 Å². The number of thiol groups is 2. The molecule has 0 fully saturated rings. The van der Waals surface area contributed by atoms with E-state index in [1.165, 1.54) is 0 Å². The van der Waals surface area contributed by atoms with Crippen molar-refractivity contribution >= 4 is 25.3 Å². The third-order valence-corrected chi connectivity index (χ3v) is 0.929. The lowest BCUT2D eigenvalue weighted by molar-refractivity contribution is 0.773. The van der Waals surface area contributed by atoms with Gasteiger partial charge in [-0.3, -0.25) is 5.32 Å². The van der Waals surface area contributed by atoms with E-state index < -0.39 is 0 Å². The van der Waals surface area contributed by atoms with E-state index in [0.29, 0.717) is 13.0 Å². The second kappa shape index (κ2) is 5.29. The maximum Gasteiger partial charge on any atom is 0.0944 e. The number of rotatable bonds is 3. The number of hydrogen-bond donors (Lipinski definition) is 3. The van der Waals surface area contributed by atoms with Gasteiger partial charge in [-0.25, -0.2) is 0 Å². The predicted molar refractivity (Wildman–Crippen MR) is 40.0 cm³/mol. The molecule has 0 aromatic rings. The summed E-state index contributed by atoms with van der Waals surface area (Å²) in [7, 11) is 0. The molecule has 0 atom stereocenters. The summed E-state index contributed by atoms with van der Waals surface area (Å²) in [6, 6.07) is 1.99. The molecule has 0 unspecified atom stereocenters. The van der Waals surface area contributed by atoms with E-state index in [-0.39, 0.29) is 4.71 Å². The number of nitrogens with one attached hydrogen (secondary N) is 1. The summed E-state index contributed by atoms with van der Waals surface area (Å²) in [5, 5.41) is 10.9.